The molecule has 0 heterocycles. The van der Waals surface area contributed by atoms with Crippen LogP contribution in [0, 0.1) is 5.82 Å². The second kappa shape index (κ2) is 4.62. The molecular formula is C12H15FO2. The third-order valence-electron chi connectivity index (χ3n) is 2.76. The van der Waals surface area contributed by atoms with E-state index in [0.717, 1.165) is 25.7 Å². The highest BCUT2D eigenvalue weighted by Crippen LogP contribution is 2.23. The van der Waals surface area contributed by atoms with Crippen LogP contribution in [0.5, 0.6) is 5.75 Å². The topological polar surface area (TPSA) is 29.5 Å². The van der Waals surface area contributed by atoms with E-state index in [1.54, 1.807) is 12.1 Å². The summed E-state index contributed by atoms with van der Waals surface area (Å²) in [6.07, 6.45) is 3.34. The van der Waals surface area contributed by atoms with E-state index in [0.29, 0.717) is 5.75 Å². The van der Waals surface area contributed by atoms with Gasteiger partial charge in [-0.05, 0) is 49.9 Å². The Kier molecular flexibility index (Phi) is 3.21. The molecule has 0 amide bonds. The summed E-state index contributed by atoms with van der Waals surface area (Å²) in [7, 11) is 0. The molecule has 0 radical (unpaired) electrons. The van der Waals surface area contributed by atoms with Crippen molar-refractivity contribution in [2.75, 3.05) is 0 Å². The molecule has 1 N–H and O–H groups in total. The van der Waals surface area contributed by atoms with E-state index in [9.17, 15) is 9.50 Å². The average Bonchev–Trinajstić information content (AvgIpc) is 2.25. The Balaban J connectivity index is 1.89. The van der Waals surface area contributed by atoms with Crippen molar-refractivity contribution in [1.29, 1.82) is 0 Å². The molecule has 1 aliphatic rings. The van der Waals surface area contributed by atoms with Crippen LogP contribution in [0.4, 0.5) is 4.39 Å². The molecule has 1 aromatic rings. The van der Waals surface area contributed by atoms with Crippen molar-refractivity contribution in [3.05, 3.63) is 30.1 Å². The van der Waals surface area contributed by atoms with E-state index < -0.39 is 0 Å². The summed E-state index contributed by atoms with van der Waals surface area (Å²) in [6.45, 7) is 0. The second-order valence-corrected chi connectivity index (χ2v) is 4.00. The van der Waals surface area contributed by atoms with E-state index in [4.69, 9.17) is 4.74 Å². The van der Waals surface area contributed by atoms with Crippen LogP contribution >= 0.6 is 0 Å². The highest BCUT2D eigenvalue weighted by molar-refractivity contribution is 5.22. The molecule has 0 saturated heterocycles. The van der Waals surface area contributed by atoms with Crippen molar-refractivity contribution in [2.24, 2.45) is 0 Å². The first kappa shape index (κ1) is 10.4. The molecule has 15 heavy (non-hydrogen) atoms. The highest BCUT2D eigenvalue weighted by atomic mass is 19.1. The van der Waals surface area contributed by atoms with E-state index in [-0.39, 0.29) is 18.0 Å². The summed E-state index contributed by atoms with van der Waals surface area (Å²) in [5.41, 5.74) is 0. The smallest absolute Gasteiger partial charge is 0.123 e. The lowest BCUT2D eigenvalue weighted by Crippen LogP contribution is -2.26. The largest absolute Gasteiger partial charge is 0.490 e. The zero-order valence-electron chi connectivity index (χ0n) is 8.53. The molecule has 82 valence electrons. The summed E-state index contributed by atoms with van der Waals surface area (Å²) >= 11 is 0. The normalized spacial score (nSPS) is 26.3. The van der Waals surface area contributed by atoms with Crippen molar-refractivity contribution >= 4 is 0 Å². The first-order valence-electron chi connectivity index (χ1n) is 5.34. The van der Waals surface area contributed by atoms with Gasteiger partial charge < -0.3 is 9.84 Å². The van der Waals surface area contributed by atoms with Crippen LogP contribution in [0.1, 0.15) is 25.7 Å². The fourth-order valence-electron chi connectivity index (χ4n) is 1.87. The third-order valence-corrected chi connectivity index (χ3v) is 2.76. The first-order valence-corrected chi connectivity index (χ1v) is 5.34. The molecule has 0 bridgehead atoms. The molecule has 2 nitrogen and oxygen atoms in total. The lowest BCUT2D eigenvalue weighted by molar-refractivity contribution is 0.0665. The van der Waals surface area contributed by atoms with Crippen LogP contribution in [0.2, 0.25) is 0 Å². The number of hydrogen-bond donors (Lipinski definition) is 1. The Bertz CT molecular complexity index is 302. The van der Waals surface area contributed by atoms with Gasteiger partial charge in [-0.15, -0.1) is 0 Å². The maximum Gasteiger partial charge on any atom is 0.123 e. The van der Waals surface area contributed by atoms with Crippen LogP contribution in [-0.4, -0.2) is 17.3 Å². The number of aliphatic hydroxyl groups excluding tert-OH is 1. The molecule has 1 aliphatic carbocycles. The van der Waals surface area contributed by atoms with E-state index in [1.807, 2.05) is 0 Å². The lowest BCUT2D eigenvalue weighted by Gasteiger charge is -2.26. The predicted molar refractivity (Wildman–Crippen MR) is 55.3 cm³/mol. The van der Waals surface area contributed by atoms with Crippen LogP contribution in [0.15, 0.2) is 24.3 Å². The Hall–Kier alpha value is -1.09. The van der Waals surface area contributed by atoms with Gasteiger partial charge in [-0.3, -0.25) is 0 Å². The van der Waals surface area contributed by atoms with Crippen molar-refractivity contribution in [3.8, 4) is 5.75 Å². The Morgan fingerprint density at radius 1 is 1.07 bits per heavy atom. The van der Waals surface area contributed by atoms with Crippen molar-refractivity contribution in [2.45, 2.75) is 37.9 Å². The number of benzene rings is 1. The van der Waals surface area contributed by atoms with Gasteiger partial charge in [0.05, 0.1) is 12.2 Å². The van der Waals surface area contributed by atoms with E-state index in [2.05, 4.69) is 0 Å². The number of aliphatic hydroxyl groups is 1. The lowest BCUT2D eigenvalue weighted by atomic mass is 9.95. The van der Waals surface area contributed by atoms with Gasteiger partial charge in [0.25, 0.3) is 0 Å². The van der Waals surface area contributed by atoms with Gasteiger partial charge in [-0.1, -0.05) is 0 Å². The third kappa shape index (κ3) is 2.93. The molecular weight excluding hydrogens is 195 g/mol. The molecule has 2 rings (SSSR count). The second-order valence-electron chi connectivity index (χ2n) is 4.00. The minimum Gasteiger partial charge on any atom is -0.490 e. The fourth-order valence-corrected chi connectivity index (χ4v) is 1.87. The minimum absolute atomic E-state index is 0.166. The van der Waals surface area contributed by atoms with E-state index in [1.165, 1.54) is 12.1 Å². The Labute approximate surface area is 88.7 Å². The monoisotopic (exact) mass is 210 g/mol. The molecule has 0 atom stereocenters. The average molecular weight is 210 g/mol. The van der Waals surface area contributed by atoms with Crippen LogP contribution in [0.25, 0.3) is 0 Å². The van der Waals surface area contributed by atoms with Crippen LogP contribution in [0.3, 0.4) is 0 Å². The molecule has 3 heteroatoms. The SMILES string of the molecule is OC1CCC(Oc2ccc(F)cc2)CC1. The molecule has 0 spiro atoms. The standard InChI is InChI=1S/C12H15FO2/c13-9-1-5-11(6-2-9)15-12-7-3-10(14)4-8-12/h1-2,5-6,10,12,14H,3-4,7-8H2. The van der Waals surface area contributed by atoms with Crippen molar-refractivity contribution in [3.63, 3.8) is 0 Å². The Morgan fingerprint density at radius 3 is 2.27 bits per heavy atom. The quantitative estimate of drug-likeness (QED) is 0.812. The molecule has 1 aromatic carbocycles. The molecule has 0 aliphatic heterocycles. The van der Waals surface area contributed by atoms with Gasteiger partial charge in [0.1, 0.15) is 11.6 Å². The van der Waals surface area contributed by atoms with Crippen LogP contribution < -0.4 is 4.74 Å². The predicted octanol–water partition coefficient (Wildman–Crippen LogP) is 2.51. The number of halogens is 1. The molecule has 1 fully saturated rings. The van der Waals surface area contributed by atoms with Gasteiger partial charge >= 0.3 is 0 Å². The van der Waals surface area contributed by atoms with Gasteiger partial charge in [-0.2, -0.15) is 0 Å². The van der Waals surface area contributed by atoms with Crippen molar-refractivity contribution < 1.29 is 14.2 Å². The number of rotatable bonds is 2. The van der Waals surface area contributed by atoms with Gasteiger partial charge in [0.2, 0.25) is 0 Å². The van der Waals surface area contributed by atoms with Gasteiger partial charge in [0.15, 0.2) is 0 Å². The van der Waals surface area contributed by atoms with E-state index >= 15 is 0 Å². The molecule has 0 aromatic heterocycles. The summed E-state index contributed by atoms with van der Waals surface area (Å²) in [4.78, 5) is 0. The summed E-state index contributed by atoms with van der Waals surface area (Å²) in [5, 5.41) is 9.32. The summed E-state index contributed by atoms with van der Waals surface area (Å²) in [5.74, 6) is 0.458. The summed E-state index contributed by atoms with van der Waals surface area (Å²) < 4.78 is 18.3. The Morgan fingerprint density at radius 2 is 1.67 bits per heavy atom. The van der Waals surface area contributed by atoms with Gasteiger partial charge in [0, 0.05) is 0 Å². The van der Waals surface area contributed by atoms with Crippen LogP contribution in [-0.2, 0) is 0 Å². The molecule has 0 unspecified atom stereocenters. The van der Waals surface area contributed by atoms with Crippen molar-refractivity contribution in [1.82, 2.24) is 0 Å². The first-order chi connectivity index (χ1) is 7.24. The van der Waals surface area contributed by atoms with Gasteiger partial charge in [-0.25, -0.2) is 4.39 Å². The maximum atomic E-state index is 12.6. The number of ether oxygens (including phenoxy) is 1. The maximum absolute atomic E-state index is 12.6. The zero-order chi connectivity index (χ0) is 10.7. The minimum atomic E-state index is -0.249. The molecule has 1 saturated carbocycles. The highest BCUT2D eigenvalue weighted by Gasteiger charge is 2.20. The fraction of sp³-hybridized carbons (Fsp3) is 0.500. The zero-order valence-corrected chi connectivity index (χ0v) is 8.53. The summed E-state index contributed by atoms with van der Waals surface area (Å²) in [6, 6.07) is 6.07. The number of hydrogen-bond acceptors (Lipinski definition) is 2.